The third-order valence-corrected chi connectivity index (χ3v) is 7.09. The van der Waals surface area contributed by atoms with Crippen LogP contribution in [0.5, 0.6) is 0 Å². The van der Waals surface area contributed by atoms with Crippen molar-refractivity contribution in [1.82, 2.24) is 10.6 Å². The van der Waals surface area contributed by atoms with Crippen LogP contribution in [0.4, 0.5) is 5.69 Å². The van der Waals surface area contributed by atoms with Gasteiger partial charge in [-0.2, -0.15) is 0 Å². The third kappa shape index (κ3) is 10.5. The van der Waals surface area contributed by atoms with E-state index in [2.05, 4.69) is 29.1 Å². The highest BCUT2D eigenvalue weighted by Gasteiger charge is 2.29. The first-order valence-electron chi connectivity index (χ1n) is 14.7. The summed E-state index contributed by atoms with van der Waals surface area (Å²) in [5, 5.41) is 19.3. The van der Waals surface area contributed by atoms with Crippen molar-refractivity contribution in [3.63, 3.8) is 0 Å². The second-order valence-electron chi connectivity index (χ2n) is 10.7. The van der Waals surface area contributed by atoms with E-state index in [0.29, 0.717) is 18.5 Å². The Kier molecular flexibility index (Phi) is 13.3. The van der Waals surface area contributed by atoms with Gasteiger partial charge in [0.2, 0.25) is 11.8 Å². The quantitative estimate of drug-likeness (QED) is 0.135. The number of benzene rings is 3. The molecule has 3 amide bonds. The first kappa shape index (κ1) is 33.7. The fourth-order valence-electron chi connectivity index (χ4n) is 4.70. The van der Waals surface area contributed by atoms with Crippen molar-refractivity contribution in [3.8, 4) is 0 Å². The number of aliphatic hydroxyl groups excluding tert-OH is 1. The summed E-state index contributed by atoms with van der Waals surface area (Å²) in [4.78, 5) is 52.5. The minimum Gasteiger partial charge on any atom is -0.463 e. The highest BCUT2D eigenvalue weighted by atomic mass is 16.5. The van der Waals surface area contributed by atoms with Gasteiger partial charge in [0, 0.05) is 18.2 Å². The van der Waals surface area contributed by atoms with Gasteiger partial charge in [-0.15, -0.1) is 13.2 Å². The SMILES string of the molecule is C=CC[C@H](CC(=O)N[C@@H](C)CO)C(=O)N[C@@H](COC(=O)[C@H](CC=C)Cc1ccccc1)C(=O)Nc1ccc2ccccc2c1. The molecule has 0 bridgehead atoms. The molecule has 3 aromatic carbocycles. The normalized spacial score (nSPS) is 13.5. The molecule has 9 nitrogen and oxygen atoms in total. The van der Waals surface area contributed by atoms with Crippen LogP contribution in [0.2, 0.25) is 0 Å². The molecule has 0 fully saturated rings. The lowest BCUT2D eigenvalue weighted by Gasteiger charge is -2.23. The lowest BCUT2D eigenvalue weighted by Crippen LogP contribution is -2.50. The van der Waals surface area contributed by atoms with Crippen molar-refractivity contribution >= 4 is 40.2 Å². The Morgan fingerprint density at radius 3 is 2.18 bits per heavy atom. The van der Waals surface area contributed by atoms with Gasteiger partial charge in [-0.25, -0.2) is 0 Å². The van der Waals surface area contributed by atoms with E-state index in [9.17, 15) is 24.3 Å². The molecular weight excluding hydrogens is 558 g/mol. The Hall–Kier alpha value is -4.76. The number of anilines is 1. The first-order chi connectivity index (χ1) is 21.2. The summed E-state index contributed by atoms with van der Waals surface area (Å²) >= 11 is 0. The van der Waals surface area contributed by atoms with E-state index in [1.54, 1.807) is 19.1 Å². The van der Waals surface area contributed by atoms with Crippen LogP contribution >= 0.6 is 0 Å². The van der Waals surface area contributed by atoms with E-state index in [1.165, 1.54) is 6.08 Å². The van der Waals surface area contributed by atoms with Gasteiger partial charge in [-0.05, 0) is 54.7 Å². The Morgan fingerprint density at radius 1 is 0.841 bits per heavy atom. The van der Waals surface area contributed by atoms with Gasteiger partial charge in [0.05, 0.1) is 18.4 Å². The van der Waals surface area contributed by atoms with Crippen LogP contribution in [-0.4, -0.2) is 54.1 Å². The van der Waals surface area contributed by atoms with Crippen LogP contribution in [0.1, 0.15) is 31.7 Å². The fourth-order valence-corrected chi connectivity index (χ4v) is 4.70. The lowest BCUT2D eigenvalue weighted by molar-refractivity contribution is -0.150. The molecule has 0 heterocycles. The van der Waals surface area contributed by atoms with Gasteiger partial charge in [-0.1, -0.05) is 72.8 Å². The number of hydrogen-bond donors (Lipinski definition) is 4. The van der Waals surface area contributed by atoms with Crippen molar-refractivity contribution < 1.29 is 29.0 Å². The van der Waals surface area contributed by atoms with E-state index < -0.39 is 54.2 Å². The average molecular weight is 600 g/mol. The van der Waals surface area contributed by atoms with Crippen molar-refractivity contribution in [2.45, 2.75) is 44.7 Å². The molecule has 0 unspecified atom stereocenters. The Labute approximate surface area is 258 Å². The van der Waals surface area contributed by atoms with Gasteiger partial charge in [0.15, 0.2) is 0 Å². The van der Waals surface area contributed by atoms with Crippen LogP contribution < -0.4 is 16.0 Å². The Balaban J connectivity index is 1.78. The molecule has 0 saturated heterocycles. The van der Waals surface area contributed by atoms with E-state index in [4.69, 9.17) is 4.74 Å². The highest BCUT2D eigenvalue weighted by molar-refractivity contribution is 5.99. The van der Waals surface area contributed by atoms with Crippen molar-refractivity contribution in [2.75, 3.05) is 18.5 Å². The van der Waals surface area contributed by atoms with E-state index in [1.807, 2.05) is 66.7 Å². The predicted octanol–water partition coefficient (Wildman–Crippen LogP) is 4.32. The zero-order valence-electron chi connectivity index (χ0n) is 25.0. The third-order valence-electron chi connectivity index (χ3n) is 7.09. The van der Waals surface area contributed by atoms with E-state index in [-0.39, 0.29) is 19.4 Å². The summed E-state index contributed by atoms with van der Waals surface area (Å²) in [5.74, 6) is -3.46. The lowest BCUT2D eigenvalue weighted by atomic mass is 9.96. The van der Waals surface area contributed by atoms with Crippen molar-refractivity contribution in [2.24, 2.45) is 11.8 Å². The van der Waals surface area contributed by atoms with Crippen molar-refractivity contribution in [1.29, 1.82) is 0 Å². The maximum absolute atomic E-state index is 13.5. The zero-order valence-corrected chi connectivity index (χ0v) is 25.0. The zero-order chi connectivity index (χ0) is 31.9. The number of esters is 1. The summed E-state index contributed by atoms with van der Waals surface area (Å²) in [6.07, 6.45) is 3.94. The molecular formula is C35H41N3O6. The molecule has 0 aromatic heterocycles. The topological polar surface area (TPSA) is 134 Å². The van der Waals surface area contributed by atoms with Crippen LogP contribution in [0.15, 0.2) is 98.1 Å². The molecule has 4 N–H and O–H groups in total. The maximum atomic E-state index is 13.5. The first-order valence-corrected chi connectivity index (χ1v) is 14.7. The molecule has 0 spiro atoms. The number of carbonyl (C=O) groups excluding carboxylic acids is 4. The van der Waals surface area contributed by atoms with Crippen LogP contribution in [-0.2, 0) is 30.3 Å². The number of amides is 3. The molecule has 4 atom stereocenters. The number of carbonyl (C=O) groups is 4. The molecule has 3 aromatic rings. The smallest absolute Gasteiger partial charge is 0.309 e. The Morgan fingerprint density at radius 2 is 1.50 bits per heavy atom. The molecule has 9 heteroatoms. The predicted molar refractivity (Wildman–Crippen MR) is 172 cm³/mol. The number of aliphatic hydroxyl groups is 1. The van der Waals surface area contributed by atoms with Crippen molar-refractivity contribution in [3.05, 3.63) is 104 Å². The fraction of sp³-hybridized carbons (Fsp3) is 0.314. The minimum absolute atomic E-state index is 0.171. The van der Waals surface area contributed by atoms with Crippen LogP contribution in [0, 0.1) is 11.8 Å². The number of rotatable bonds is 17. The summed E-state index contributed by atoms with van der Waals surface area (Å²) in [6, 6.07) is 20.9. The standard InChI is InChI=1S/C35H41N3O6/c1-4-11-28(21-32(40)36-24(3)22-39)33(41)38-31(34(42)37-30-18-17-26-15-9-10-16-27(26)20-30)23-44-35(43)29(12-5-2)19-25-13-7-6-8-14-25/h4-10,13-18,20,24,28-29,31,39H,1-2,11-12,19,21-23H2,3H3,(H,36,40)(H,37,42)(H,38,41)/t24-,28+,29+,31-/m0/s1. The summed E-state index contributed by atoms with van der Waals surface area (Å²) in [7, 11) is 0. The van der Waals surface area contributed by atoms with Crippen LogP contribution in [0.25, 0.3) is 10.8 Å². The van der Waals surface area contributed by atoms with Gasteiger partial charge in [0.1, 0.15) is 12.6 Å². The number of ether oxygens (including phenoxy) is 1. The molecule has 0 aliphatic carbocycles. The molecule has 44 heavy (non-hydrogen) atoms. The largest absolute Gasteiger partial charge is 0.463 e. The van der Waals surface area contributed by atoms with Gasteiger partial charge in [-0.3, -0.25) is 19.2 Å². The molecule has 0 radical (unpaired) electrons. The molecule has 3 rings (SSSR count). The number of allylic oxidation sites excluding steroid dienone is 2. The second-order valence-corrected chi connectivity index (χ2v) is 10.7. The molecule has 232 valence electrons. The monoisotopic (exact) mass is 599 g/mol. The van der Waals surface area contributed by atoms with Crippen LogP contribution in [0.3, 0.4) is 0 Å². The molecule has 0 aliphatic heterocycles. The number of nitrogens with one attached hydrogen (secondary N) is 3. The number of hydrogen-bond acceptors (Lipinski definition) is 6. The van der Waals surface area contributed by atoms with Gasteiger partial charge >= 0.3 is 5.97 Å². The second kappa shape index (κ2) is 17.4. The average Bonchev–Trinajstić information content (AvgIpc) is 3.02. The maximum Gasteiger partial charge on any atom is 0.309 e. The summed E-state index contributed by atoms with van der Waals surface area (Å²) in [6.45, 7) is 8.42. The number of fused-ring (bicyclic) bond motifs is 1. The summed E-state index contributed by atoms with van der Waals surface area (Å²) < 4.78 is 5.62. The van der Waals surface area contributed by atoms with E-state index >= 15 is 0 Å². The molecule has 0 saturated carbocycles. The van der Waals surface area contributed by atoms with Gasteiger partial charge < -0.3 is 25.8 Å². The minimum atomic E-state index is -1.24. The Bertz CT molecular complexity index is 1440. The van der Waals surface area contributed by atoms with Gasteiger partial charge in [0.25, 0.3) is 5.91 Å². The molecule has 0 aliphatic rings. The summed E-state index contributed by atoms with van der Waals surface area (Å²) in [5.41, 5.74) is 1.46. The highest BCUT2D eigenvalue weighted by Crippen LogP contribution is 2.20. The van der Waals surface area contributed by atoms with E-state index in [0.717, 1.165) is 16.3 Å².